The number of nitrogens with zero attached hydrogens (tertiary/aromatic N) is 1. The van der Waals surface area contributed by atoms with Gasteiger partial charge in [0.1, 0.15) is 5.75 Å². The molecule has 2 rings (SSSR count). The zero-order valence-corrected chi connectivity index (χ0v) is 14.2. The Morgan fingerprint density at radius 3 is 2.95 bits per heavy atom. The van der Waals surface area contributed by atoms with Crippen LogP contribution in [0.2, 0.25) is 0 Å². The predicted octanol–water partition coefficient (Wildman–Crippen LogP) is 3.16. The van der Waals surface area contributed by atoms with Crippen LogP contribution in [-0.4, -0.2) is 37.2 Å². The minimum absolute atomic E-state index is 0.168. The van der Waals surface area contributed by atoms with Gasteiger partial charge in [-0.25, -0.2) is 0 Å². The number of esters is 1. The number of halogens is 1. The Morgan fingerprint density at radius 2 is 2.24 bits per heavy atom. The van der Waals surface area contributed by atoms with Crippen LogP contribution in [0.3, 0.4) is 0 Å². The Bertz CT molecular complexity index is 505. The van der Waals surface area contributed by atoms with E-state index in [0.29, 0.717) is 19.7 Å². The molecule has 0 spiro atoms. The molecule has 4 nitrogen and oxygen atoms in total. The topological polar surface area (TPSA) is 38.8 Å². The summed E-state index contributed by atoms with van der Waals surface area (Å²) in [7, 11) is 0. The van der Waals surface area contributed by atoms with E-state index in [0.717, 1.165) is 41.8 Å². The molecule has 21 heavy (non-hydrogen) atoms. The van der Waals surface area contributed by atoms with Gasteiger partial charge in [-0.3, -0.25) is 9.69 Å². The molecule has 1 aromatic carbocycles. The monoisotopic (exact) mass is 355 g/mol. The number of hydrogen-bond donors (Lipinski definition) is 0. The van der Waals surface area contributed by atoms with Crippen molar-refractivity contribution in [2.24, 2.45) is 0 Å². The van der Waals surface area contributed by atoms with Crippen molar-refractivity contribution in [3.63, 3.8) is 0 Å². The average molecular weight is 356 g/mol. The predicted molar refractivity (Wildman–Crippen MR) is 85.5 cm³/mol. The van der Waals surface area contributed by atoms with Crippen molar-refractivity contribution < 1.29 is 14.3 Å². The highest BCUT2D eigenvalue weighted by atomic mass is 79.9. The lowest BCUT2D eigenvalue weighted by Crippen LogP contribution is -2.31. The van der Waals surface area contributed by atoms with Gasteiger partial charge in [-0.05, 0) is 37.6 Å². The van der Waals surface area contributed by atoms with Crippen LogP contribution in [0.5, 0.6) is 5.75 Å². The maximum absolute atomic E-state index is 11.7. The maximum Gasteiger partial charge on any atom is 0.320 e. The summed E-state index contributed by atoms with van der Waals surface area (Å²) in [6.45, 7) is 6.99. The molecule has 0 saturated carbocycles. The van der Waals surface area contributed by atoms with E-state index < -0.39 is 0 Å². The highest BCUT2D eigenvalue weighted by molar-refractivity contribution is 9.10. The first-order chi connectivity index (χ1) is 10.1. The fraction of sp³-hybridized carbons (Fsp3) is 0.562. The lowest BCUT2D eigenvalue weighted by atomic mass is 10.1. The smallest absolute Gasteiger partial charge is 0.320 e. The molecule has 0 saturated heterocycles. The molecular formula is C16H22BrNO3. The Hall–Kier alpha value is -1.07. The molecule has 0 aliphatic carbocycles. The number of carbonyl (C=O) groups is 1. The van der Waals surface area contributed by atoms with Crippen molar-refractivity contribution in [3.8, 4) is 5.75 Å². The average Bonchev–Trinajstić information content (AvgIpc) is 2.87. The molecule has 0 aromatic heterocycles. The highest BCUT2D eigenvalue weighted by Gasteiger charge is 2.20. The molecule has 1 aromatic rings. The van der Waals surface area contributed by atoms with Crippen molar-refractivity contribution in [1.29, 1.82) is 0 Å². The van der Waals surface area contributed by atoms with Crippen LogP contribution in [-0.2, 0) is 22.5 Å². The molecule has 1 aliphatic heterocycles. The van der Waals surface area contributed by atoms with E-state index >= 15 is 0 Å². The van der Waals surface area contributed by atoms with Gasteiger partial charge in [0.05, 0.1) is 19.8 Å². The van der Waals surface area contributed by atoms with Crippen molar-refractivity contribution in [2.75, 3.05) is 26.3 Å². The van der Waals surface area contributed by atoms with E-state index in [2.05, 4.69) is 39.9 Å². The zero-order valence-electron chi connectivity index (χ0n) is 12.7. The molecule has 0 radical (unpaired) electrons. The fourth-order valence-electron chi connectivity index (χ4n) is 2.62. The van der Waals surface area contributed by atoms with Crippen LogP contribution in [0.15, 0.2) is 16.6 Å². The van der Waals surface area contributed by atoms with Crippen molar-refractivity contribution in [3.05, 3.63) is 27.7 Å². The van der Waals surface area contributed by atoms with E-state index in [9.17, 15) is 4.79 Å². The quantitative estimate of drug-likeness (QED) is 0.704. The van der Waals surface area contributed by atoms with Gasteiger partial charge in [-0.1, -0.05) is 22.9 Å². The molecule has 0 N–H and O–H groups in total. The first-order valence-electron chi connectivity index (χ1n) is 7.46. The van der Waals surface area contributed by atoms with Gasteiger partial charge in [0, 0.05) is 23.0 Å². The second-order valence-corrected chi connectivity index (χ2v) is 6.08. The van der Waals surface area contributed by atoms with E-state index in [1.54, 1.807) is 0 Å². The second-order valence-electron chi connectivity index (χ2n) is 5.17. The van der Waals surface area contributed by atoms with Crippen LogP contribution < -0.4 is 4.74 Å². The van der Waals surface area contributed by atoms with Gasteiger partial charge in [-0.15, -0.1) is 0 Å². The van der Waals surface area contributed by atoms with Gasteiger partial charge in [0.2, 0.25) is 0 Å². The van der Waals surface area contributed by atoms with Gasteiger partial charge in [0.15, 0.2) is 0 Å². The maximum atomic E-state index is 11.7. The molecule has 0 unspecified atom stereocenters. The van der Waals surface area contributed by atoms with Gasteiger partial charge < -0.3 is 9.47 Å². The SMILES string of the molecule is CCCN(CC(=O)OCC)Cc1cc(Br)cc2c1OCC2. The third kappa shape index (κ3) is 4.45. The van der Waals surface area contributed by atoms with Crippen LogP contribution >= 0.6 is 15.9 Å². The Labute approximate surface area is 134 Å². The summed E-state index contributed by atoms with van der Waals surface area (Å²) in [5, 5.41) is 0. The molecule has 0 bridgehead atoms. The van der Waals surface area contributed by atoms with Crippen LogP contribution in [0.1, 0.15) is 31.4 Å². The minimum atomic E-state index is -0.168. The number of benzene rings is 1. The summed E-state index contributed by atoms with van der Waals surface area (Å²) in [5.74, 6) is 0.821. The number of ether oxygens (including phenoxy) is 2. The molecule has 0 fully saturated rings. The largest absolute Gasteiger partial charge is 0.493 e. The molecule has 1 aliphatic rings. The Kier molecular flexibility index (Phi) is 6.06. The summed E-state index contributed by atoms with van der Waals surface area (Å²) >= 11 is 3.55. The summed E-state index contributed by atoms with van der Waals surface area (Å²) in [5.41, 5.74) is 2.38. The minimum Gasteiger partial charge on any atom is -0.493 e. The Morgan fingerprint density at radius 1 is 1.43 bits per heavy atom. The number of carbonyl (C=O) groups excluding carboxylic acids is 1. The molecule has 116 valence electrons. The highest BCUT2D eigenvalue weighted by Crippen LogP contribution is 2.33. The summed E-state index contributed by atoms with van der Waals surface area (Å²) in [6.07, 6.45) is 1.95. The van der Waals surface area contributed by atoms with Gasteiger partial charge in [-0.2, -0.15) is 0 Å². The molecule has 0 atom stereocenters. The van der Waals surface area contributed by atoms with E-state index in [-0.39, 0.29) is 5.97 Å². The van der Waals surface area contributed by atoms with Gasteiger partial charge in [0.25, 0.3) is 0 Å². The van der Waals surface area contributed by atoms with Gasteiger partial charge >= 0.3 is 5.97 Å². The number of hydrogen-bond acceptors (Lipinski definition) is 4. The molecule has 0 amide bonds. The van der Waals surface area contributed by atoms with Crippen LogP contribution in [0, 0.1) is 0 Å². The standard InChI is InChI=1S/C16H22BrNO3/c1-3-6-18(11-15(19)20-4-2)10-13-9-14(17)8-12-5-7-21-16(12)13/h8-9H,3-7,10-11H2,1-2H3. The molecule has 1 heterocycles. The van der Waals surface area contributed by atoms with E-state index in [4.69, 9.17) is 9.47 Å². The van der Waals surface area contributed by atoms with Crippen molar-refractivity contribution in [1.82, 2.24) is 4.90 Å². The van der Waals surface area contributed by atoms with E-state index in [1.807, 2.05) is 6.92 Å². The first-order valence-corrected chi connectivity index (χ1v) is 8.25. The number of rotatable bonds is 7. The third-order valence-corrected chi connectivity index (χ3v) is 3.87. The first kappa shape index (κ1) is 16.3. The number of fused-ring (bicyclic) bond motifs is 1. The lowest BCUT2D eigenvalue weighted by molar-refractivity contribution is -0.144. The van der Waals surface area contributed by atoms with Crippen LogP contribution in [0.25, 0.3) is 0 Å². The van der Waals surface area contributed by atoms with Crippen molar-refractivity contribution >= 4 is 21.9 Å². The normalized spacial score (nSPS) is 13.1. The van der Waals surface area contributed by atoms with Crippen molar-refractivity contribution in [2.45, 2.75) is 33.2 Å². The summed E-state index contributed by atoms with van der Waals surface area (Å²) < 4.78 is 11.9. The zero-order chi connectivity index (χ0) is 15.2. The Balaban J connectivity index is 2.11. The van der Waals surface area contributed by atoms with Crippen LogP contribution in [0.4, 0.5) is 0 Å². The lowest BCUT2D eigenvalue weighted by Gasteiger charge is -2.22. The summed E-state index contributed by atoms with van der Waals surface area (Å²) in [4.78, 5) is 13.8. The molecule has 5 heteroatoms. The third-order valence-electron chi connectivity index (χ3n) is 3.42. The second kappa shape index (κ2) is 7.80. The summed E-state index contributed by atoms with van der Waals surface area (Å²) in [6, 6.07) is 4.19. The van der Waals surface area contributed by atoms with E-state index in [1.165, 1.54) is 5.56 Å². The fourth-order valence-corrected chi connectivity index (χ4v) is 3.18. The molecular weight excluding hydrogens is 334 g/mol.